The van der Waals surface area contributed by atoms with E-state index < -0.39 is 0 Å². The van der Waals surface area contributed by atoms with E-state index in [4.69, 9.17) is 11.0 Å². The van der Waals surface area contributed by atoms with E-state index in [9.17, 15) is 0 Å². The lowest BCUT2D eigenvalue weighted by atomic mass is 9.91. The minimum Gasteiger partial charge on any atom is -0.397 e. The van der Waals surface area contributed by atoms with Crippen LogP contribution in [0.1, 0.15) is 27.2 Å². The number of nitrogens with two attached hydrogens (primary N) is 1. The Kier molecular flexibility index (Phi) is 4.39. The Labute approximate surface area is 104 Å². The van der Waals surface area contributed by atoms with Crippen molar-refractivity contribution in [3.05, 3.63) is 24.3 Å². The van der Waals surface area contributed by atoms with Crippen molar-refractivity contribution in [2.45, 2.75) is 27.2 Å². The largest absolute Gasteiger partial charge is 0.397 e. The highest BCUT2D eigenvalue weighted by atomic mass is 15.1. The molecule has 0 atom stereocenters. The number of benzene rings is 1. The average Bonchev–Trinajstić information content (AvgIpc) is 2.32. The molecule has 1 aromatic rings. The van der Waals surface area contributed by atoms with Crippen LogP contribution in [-0.2, 0) is 0 Å². The maximum Gasteiger partial charge on any atom is 0.0684 e. The molecule has 0 bridgehead atoms. The molecule has 17 heavy (non-hydrogen) atoms. The molecule has 3 nitrogen and oxygen atoms in total. The maximum atomic E-state index is 9.01. The molecule has 1 rings (SSSR count). The first-order chi connectivity index (χ1) is 8.00. The second-order valence-electron chi connectivity index (χ2n) is 4.88. The first-order valence-corrected chi connectivity index (χ1v) is 6.01. The van der Waals surface area contributed by atoms with Gasteiger partial charge in [-0.1, -0.05) is 12.1 Å². The number of hydrogen-bond donors (Lipinski definition) is 1. The third kappa shape index (κ3) is 3.67. The molecule has 0 aliphatic rings. The second kappa shape index (κ2) is 5.58. The number of para-hydroxylation sites is 2. The summed E-state index contributed by atoms with van der Waals surface area (Å²) in [6.07, 6.45) is 0.839. The van der Waals surface area contributed by atoms with Gasteiger partial charge in [0, 0.05) is 13.1 Å². The second-order valence-corrected chi connectivity index (χ2v) is 4.88. The normalized spacial score (nSPS) is 10.9. The molecule has 0 aliphatic carbocycles. The summed E-state index contributed by atoms with van der Waals surface area (Å²) in [5, 5.41) is 9.01. The SMILES string of the molecule is CCN(CCC(C)(C)C#N)c1ccccc1N. The molecule has 0 aliphatic heterocycles. The van der Waals surface area contributed by atoms with Crippen molar-refractivity contribution in [2.24, 2.45) is 5.41 Å². The Bertz CT molecular complexity index is 404. The number of nitrogens with zero attached hydrogens (tertiary/aromatic N) is 2. The number of nitrogen functional groups attached to an aromatic ring is 1. The van der Waals surface area contributed by atoms with Gasteiger partial charge in [-0.3, -0.25) is 0 Å². The van der Waals surface area contributed by atoms with Gasteiger partial charge in [0.25, 0.3) is 0 Å². The van der Waals surface area contributed by atoms with Gasteiger partial charge in [-0.25, -0.2) is 0 Å². The molecule has 0 fully saturated rings. The zero-order chi connectivity index (χ0) is 12.9. The quantitative estimate of drug-likeness (QED) is 0.792. The van der Waals surface area contributed by atoms with Crippen LogP contribution in [0.4, 0.5) is 11.4 Å². The molecular formula is C14H21N3. The van der Waals surface area contributed by atoms with Crippen LogP contribution in [0.15, 0.2) is 24.3 Å². The average molecular weight is 231 g/mol. The molecule has 3 heteroatoms. The number of rotatable bonds is 5. The molecule has 0 unspecified atom stereocenters. The van der Waals surface area contributed by atoms with Crippen LogP contribution in [0, 0.1) is 16.7 Å². The minimum atomic E-state index is -0.281. The molecule has 1 aromatic carbocycles. The predicted molar refractivity (Wildman–Crippen MR) is 72.8 cm³/mol. The Balaban J connectivity index is 2.74. The maximum absolute atomic E-state index is 9.01. The van der Waals surface area contributed by atoms with E-state index in [1.807, 2.05) is 38.1 Å². The van der Waals surface area contributed by atoms with Crippen molar-refractivity contribution in [2.75, 3.05) is 23.7 Å². The Morgan fingerprint density at radius 3 is 2.53 bits per heavy atom. The summed E-state index contributed by atoms with van der Waals surface area (Å²) in [4.78, 5) is 2.22. The van der Waals surface area contributed by atoms with E-state index in [1.165, 1.54) is 0 Å². The lowest BCUT2D eigenvalue weighted by Crippen LogP contribution is -2.28. The highest BCUT2D eigenvalue weighted by molar-refractivity contribution is 5.67. The molecule has 92 valence electrons. The van der Waals surface area contributed by atoms with Crippen LogP contribution in [0.5, 0.6) is 0 Å². The molecular weight excluding hydrogens is 210 g/mol. The van der Waals surface area contributed by atoms with Crippen molar-refractivity contribution in [1.82, 2.24) is 0 Å². The standard InChI is InChI=1S/C14H21N3/c1-4-17(10-9-14(2,3)11-15)13-8-6-5-7-12(13)16/h5-8H,4,9-10,16H2,1-3H3. The Hall–Kier alpha value is -1.69. The zero-order valence-electron chi connectivity index (χ0n) is 10.9. The van der Waals surface area contributed by atoms with Gasteiger partial charge in [0.05, 0.1) is 22.9 Å². The van der Waals surface area contributed by atoms with E-state index in [2.05, 4.69) is 17.9 Å². The van der Waals surface area contributed by atoms with Gasteiger partial charge >= 0.3 is 0 Å². The van der Waals surface area contributed by atoms with Gasteiger partial charge in [0.1, 0.15) is 0 Å². The minimum absolute atomic E-state index is 0.281. The van der Waals surface area contributed by atoms with Crippen LogP contribution in [-0.4, -0.2) is 13.1 Å². The van der Waals surface area contributed by atoms with Gasteiger partial charge in [-0.15, -0.1) is 0 Å². The lowest BCUT2D eigenvalue weighted by Gasteiger charge is -2.27. The van der Waals surface area contributed by atoms with E-state index in [-0.39, 0.29) is 5.41 Å². The molecule has 0 saturated heterocycles. The van der Waals surface area contributed by atoms with Gasteiger partial charge in [-0.05, 0) is 39.3 Å². The fraction of sp³-hybridized carbons (Fsp3) is 0.500. The van der Waals surface area contributed by atoms with Gasteiger partial charge in [-0.2, -0.15) is 5.26 Å². The van der Waals surface area contributed by atoms with E-state index in [0.29, 0.717) is 0 Å². The van der Waals surface area contributed by atoms with Crippen molar-refractivity contribution in [3.63, 3.8) is 0 Å². The van der Waals surface area contributed by atoms with Crippen molar-refractivity contribution in [3.8, 4) is 6.07 Å². The number of nitriles is 1. The summed E-state index contributed by atoms with van der Waals surface area (Å²) < 4.78 is 0. The third-order valence-corrected chi connectivity index (χ3v) is 2.97. The molecule has 0 radical (unpaired) electrons. The lowest BCUT2D eigenvalue weighted by molar-refractivity contribution is 0.451. The van der Waals surface area contributed by atoms with Crippen LogP contribution < -0.4 is 10.6 Å². The Morgan fingerprint density at radius 1 is 1.35 bits per heavy atom. The van der Waals surface area contributed by atoms with Crippen LogP contribution >= 0.6 is 0 Å². The Morgan fingerprint density at radius 2 is 2.00 bits per heavy atom. The predicted octanol–water partition coefficient (Wildman–Crippen LogP) is 3.03. The topological polar surface area (TPSA) is 53.0 Å². The molecule has 0 spiro atoms. The summed E-state index contributed by atoms with van der Waals surface area (Å²) in [6.45, 7) is 7.79. The fourth-order valence-electron chi connectivity index (χ4n) is 1.69. The van der Waals surface area contributed by atoms with Crippen LogP contribution in [0.3, 0.4) is 0 Å². The molecule has 0 aromatic heterocycles. The van der Waals surface area contributed by atoms with Crippen LogP contribution in [0.2, 0.25) is 0 Å². The highest BCUT2D eigenvalue weighted by Gasteiger charge is 2.18. The first kappa shape index (κ1) is 13.4. The van der Waals surface area contributed by atoms with E-state index >= 15 is 0 Å². The monoisotopic (exact) mass is 231 g/mol. The molecule has 0 heterocycles. The van der Waals surface area contributed by atoms with Gasteiger partial charge in [0.2, 0.25) is 0 Å². The van der Waals surface area contributed by atoms with Crippen molar-refractivity contribution < 1.29 is 0 Å². The van der Waals surface area contributed by atoms with Crippen molar-refractivity contribution >= 4 is 11.4 Å². The summed E-state index contributed by atoms with van der Waals surface area (Å²) in [6, 6.07) is 10.2. The zero-order valence-corrected chi connectivity index (χ0v) is 10.9. The van der Waals surface area contributed by atoms with Gasteiger partial charge < -0.3 is 10.6 Å². The van der Waals surface area contributed by atoms with E-state index in [0.717, 1.165) is 30.9 Å². The summed E-state index contributed by atoms with van der Waals surface area (Å²) >= 11 is 0. The molecule has 0 saturated carbocycles. The number of anilines is 2. The third-order valence-electron chi connectivity index (χ3n) is 2.97. The van der Waals surface area contributed by atoms with Crippen molar-refractivity contribution in [1.29, 1.82) is 5.26 Å². The van der Waals surface area contributed by atoms with Crippen LogP contribution in [0.25, 0.3) is 0 Å². The smallest absolute Gasteiger partial charge is 0.0684 e. The summed E-state index contributed by atoms with van der Waals surface area (Å²) in [7, 11) is 0. The van der Waals surface area contributed by atoms with E-state index in [1.54, 1.807) is 0 Å². The summed E-state index contributed by atoms with van der Waals surface area (Å²) in [5.41, 5.74) is 7.54. The highest BCUT2D eigenvalue weighted by Crippen LogP contribution is 2.25. The first-order valence-electron chi connectivity index (χ1n) is 6.01. The van der Waals surface area contributed by atoms with Gasteiger partial charge in [0.15, 0.2) is 0 Å². The molecule has 2 N–H and O–H groups in total. The molecule has 0 amide bonds. The fourth-order valence-corrected chi connectivity index (χ4v) is 1.69. The summed E-state index contributed by atoms with van der Waals surface area (Å²) in [5.74, 6) is 0. The number of hydrogen-bond acceptors (Lipinski definition) is 3.